The smallest absolute Gasteiger partial charge is 0.174 e. The van der Waals surface area contributed by atoms with Gasteiger partial charge in [0.1, 0.15) is 0 Å². The quantitative estimate of drug-likeness (QED) is 0.407. The van der Waals surface area contributed by atoms with Crippen molar-refractivity contribution in [3.05, 3.63) is 47.5 Å². The van der Waals surface area contributed by atoms with Crippen LogP contribution in [0.4, 0.5) is 8.78 Å². The number of hydrogen-bond donors (Lipinski definition) is 0. The van der Waals surface area contributed by atoms with Crippen LogP contribution in [0, 0.1) is 5.92 Å². The Morgan fingerprint density at radius 1 is 0.917 bits per heavy atom. The lowest BCUT2D eigenvalue weighted by atomic mass is 9.78. The Hall–Kier alpha value is -1.18. The molecular formula is C22H32F2. The highest BCUT2D eigenvalue weighted by Gasteiger charge is 2.21. The second-order valence-corrected chi connectivity index (χ2v) is 7.33. The minimum Gasteiger partial charge on any atom is -0.174 e. The zero-order valence-electron chi connectivity index (χ0n) is 15.1. The number of hydrogen-bond acceptors (Lipinski definition) is 0. The van der Waals surface area contributed by atoms with Gasteiger partial charge in [0.15, 0.2) is 0 Å². The molecule has 0 radical (unpaired) electrons. The lowest BCUT2D eigenvalue weighted by Gasteiger charge is -2.27. The van der Waals surface area contributed by atoms with E-state index in [1.807, 2.05) is 0 Å². The summed E-state index contributed by atoms with van der Waals surface area (Å²) in [5.41, 5.74) is 2.83. The average Bonchev–Trinajstić information content (AvgIpc) is 2.59. The molecule has 0 atom stereocenters. The van der Waals surface area contributed by atoms with Crippen LogP contribution in [-0.4, -0.2) is 0 Å². The fraction of sp³-hybridized carbons (Fsp3) is 0.636. The molecule has 1 aliphatic carbocycles. The van der Waals surface area contributed by atoms with Gasteiger partial charge >= 0.3 is 0 Å². The summed E-state index contributed by atoms with van der Waals surface area (Å²) in [5, 5.41) is 0. The first kappa shape index (κ1) is 19.1. The van der Waals surface area contributed by atoms with Gasteiger partial charge in [-0.25, -0.2) is 0 Å². The van der Waals surface area contributed by atoms with E-state index in [-0.39, 0.29) is 5.92 Å². The van der Waals surface area contributed by atoms with E-state index < -0.39 is 6.08 Å². The van der Waals surface area contributed by atoms with Crippen LogP contribution in [0.25, 0.3) is 0 Å². The third-order valence-corrected chi connectivity index (χ3v) is 5.40. The molecule has 1 aromatic carbocycles. The van der Waals surface area contributed by atoms with Crippen molar-refractivity contribution in [1.82, 2.24) is 0 Å². The Bertz CT molecular complexity index is 477. The predicted molar refractivity (Wildman–Crippen MR) is 98.5 cm³/mol. The van der Waals surface area contributed by atoms with E-state index in [1.165, 1.54) is 56.1 Å². The first-order valence-corrected chi connectivity index (χ1v) is 9.80. The minimum atomic E-state index is -1.52. The highest BCUT2D eigenvalue weighted by molar-refractivity contribution is 5.26. The average molecular weight is 334 g/mol. The molecule has 24 heavy (non-hydrogen) atoms. The van der Waals surface area contributed by atoms with Gasteiger partial charge in [0.25, 0.3) is 6.08 Å². The summed E-state index contributed by atoms with van der Waals surface area (Å²) >= 11 is 0. The molecule has 1 saturated carbocycles. The molecule has 2 rings (SSSR count). The van der Waals surface area contributed by atoms with Crippen LogP contribution >= 0.6 is 0 Å². The molecule has 0 unspecified atom stereocenters. The van der Waals surface area contributed by atoms with Crippen molar-refractivity contribution in [2.45, 2.75) is 83.5 Å². The molecule has 0 heterocycles. The van der Waals surface area contributed by atoms with Crippen LogP contribution in [0.5, 0.6) is 0 Å². The fourth-order valence-corrected chi connectivity index (χ4v) is 3.86. The van der Waals surface area contributed by atoms with Gasteiger partial charge in [-0.2, -0.15) is 8.78 Å². The molecule has 0 spiro atoms. The highest BCUT2D eigenvalue weighted by atomic mass is 19.3. The summed E-state index contributed by atoms with van der Waals surface area (Å²) in [6.45, 7) is 2.25. The zero-order valence-corrected chi connectivity index (χ0v) is 15.1. The second-order valence-electron chi connectivity index (χ2n) is 7.33. The van der Waals surface area contributed by atoms with Gasteiger partial charge in [-0.05, 0) is 67.6 Å². The molecule has 0 N–H and O–H groups in total. The number of unbranched alkanes of at least 4 members (excludes halogenated alkanes) is 5. The molecule has 0 aromatic heterocycles. The summed E-state index contributed by atoms with van der Waals surface area (Å²) in [6, 6.07) is 9.08. The van der Waals surface area contributed by atoms with Crippen LogP contribution in [0.1, 0.15) is 88.2 Å². The van der Waals surface area contributed by atoms with Crippen molar-refractivity contribution in [3.63, 3.8) is 0 Å². The van der Waals surface area contributed by atoms with E-state index in [1.54, 1.807) is 0 Å². The maximum absolute atomic E-state index is 12.3. The maximum atomic E-state index is 12.3. The molecule has 0 nitrogen and oxygen atoms in total. The van der Waals surface area contributed by atoms with Crippen molar-refractivity contribution < 1.29 is 8.78 Å². The van der Waals surface area contributed by atoms with Gasteiger partial charge in [-0.3, -0.25) is 0 Å². The van der Waals surface area contributed by atoms with Crippen LogP contribution in [0.15, 0.2) is 36.4 Å². The van der Waals surface area contributed by atoms with Crippen LogP contribution in [0.3, 0.4) is 0 Å². The number of allylic oxidation sites excluding steroid dienone is 1. The van der Waals surface area contributed by atoms with E-state index in [9.17, 15) is 8.78 Å². The molecule has 0 bridgehead atoms. The summed E-state index contributed by atoms with van der Waals surface area (Å²) < 4.78 is 24.7. The van der Waals surface area contributed by atoms with E-state index in [0.29, 0.717) is 5.92 Å². The van der Waals surface area contributed by atoms with Gasteiger partial charge in [-0.1, -0.05) is 63.3 Å². The molecule has 0 amide bonds. The van der Waals surface area contributed by atoms with E-state index in [0.717, 1.165) is 31.8 Å². The minimum absolute atomic E-state index is 0.0817. The summed E-state index contributed by atoms with van der Waals surface area (Å²) in [7, 11) is 0. The van der Waals surface area contributed by atoms with E-state index in [4.69, 9.17) is 0 Å². The van der Waals surface area contributed by atoms with E-state index >= 15 is 0 Å². The normalized spacial score (nSPS) is 20.8. The highest BCUT2D eigenvalue weighted by Crippen LogP contribution is 2.36. The largest absolute Gasteiger partial charge is 0.266 e. The summed E-state index contributed by atoms with van der Waals surface area (Å²) in [5.74, 6) is 0.638. The maximum Gasteiger partial charge on any atom is 0.266 e. The van der Waals surface area contributed by atoms with Gasteiger partial charge in [0.2, 0.25) is 0 Å². The third kappa shape index (κ3) is 6.75. The van der Waals surface area contributed by atoms with Gasteiger partial charge in [0, 0.05) is 0 Å². The van der Waals surface area contributed by atoms with Gasteiger partial charge < -0.3 is 0 Å². The Morgan fingerprint density at radius 2 is 1.54 bits per heavy atom. The topological polar surface area (TPSA) is 0 Å². The molecule has 0 aliphatic heterocycles. The fourth-order valence-electron chi connectivity index (χ4n) is 3.86. The van der Waals surface area contributed by atoms with Crippen molar-refractivity contribution >= 4 is 0 Å². The lowest BCUT2D eigenvalue weighted by molar-refractivity contribution is 0.351. The Morgan fingerprint density at radius 3 is 2.17 bits per heavy atom. The molecule has 1 aliphatic rings. The Kier molecular flexibility index (Phi) is 8.49. The SMILES string of the molecule is CCCCCCCCc1ccc(C2CCC(C=C(F)F)CC2)cc1. The molecular weight excluding hydrogens is 302 g/mol. The van der Waals surface area contributed by atoms with Crippen LogP contribution in [0.2, 0.25) is 0 Å². The molecule has 1 fully saturated rings. The molecule has 0 saturated heterocycles. The van der Waals surface area contributed by atoms with E-state index in [2.05, 4.69) is 31.2 Å². The number of benzene rings is 1. The van der Waals surface area contributed by atoms with Crippen molar-refractivity contribution in [2.75, 3.05) is 0 Å². The Labute approximate surface area is 146 Å². The van der Waals surface area contributed by atoms with Crippen molar-refractivity contribution in [1.29, 1.82) is 0 Å². The second kappa shape index (κ2) is 10.6. The summed E-state index contributed by atoms with van der Waals surface area (Å²) in [6.07, 6.45) is 12.7. The number of aryl methyl sites for hydroxylation is 1. The van der Waals surface area contributed by atoms with Crippen molar-refractivity contribution in [2.24, 2.45) is 5.92 Å². The third-order valence-electron chi connectivity index (χ3n) is 5.40. The van der Waals surface area contributed by atoms with Crippen molar-refractivity contribution in [3.8, 4) is 0 Å². The molecule has 1 aromatic rings. The first-order chi connectivity index (χ1) is 11.7. The Balaban J connectivity index is 1.71. The molecule has 2 heteroatoms. The summed E-state index contributed by atoms with van der Waals surface area (Å²) in [4.78, 5) is 0. The standard InChI is InChI=1S/C22H32F2/c1-2-3-4-5-6-7-8-18-9-13-20(14-10-18)21-15-11-19(12-16-21)17-22(23)24/h9-10,13-14,17,19,21H,2-8,11-12,15-16H2,1H3. The van der Waals surface area contributed by atoms with Crippen LogP contribution in [-0.2, 0) is 6.42 Å². The zero-order chi connectivity index (χ0) is 17.2. The monoisotopic (exact) mass is 334 g/mol. The van der Waals surface area contributed by atoms with Crippen LogP contribution < -0.4 is 0 Å². The van der Waals surface area contributed by atoms with Gasteiger partial charge in [0.05, 0.1) is 0 Å². The number of halogens is 2. The lowest BCUT2D eigenvalue weighted by Crippen LogP contribution is -2.11. The first-order valence-electron chi connectivity index (χ1n) is 9.80. The van der Waals surface area contributed by atoms with Gasteiger partial charge in [-0.15, -0.1) is 0 Å². The number of rotatable bonds is 9. The molecule has 134 valence electrons. The predicted octanol–water partition coefficient (Wildman–Crippen LogP) is 7.64.